The van der Waals surface area contributed by atoms with Gasteiger partial charge >= 0.3 is 0 Å². The van der Waals surface area contributed by atoms with Gasteiger partial charge in [-0.15, -0.1) is 10.2 Å². The lowest BCUT2D eigenvalue weighted by atomic mass is 10.1. The summed E-state index contributed by atoms with van der Waals surface area (Å²) in [7, 11) is 0. The van der Waals surface area contributed by atoms with Crippen LogP contribution in [0.2, 0.25) is 0 Å². The van der Waals surface area contributed by atoms with Gasteiger partial charge in [-0.25, -0.2) is 13.8 Å². The third-order valence-electron chi connectivity index (χ3n) is 4.89. The maximum Gasteiger partial charge on any atom is 0.187 e. The quantitative estimate of drug-likeness (QED) is 0.591. The molecule has 3 aromatic heterocycles. The predicted molar refractivity (Wildman–Crippen MR) is 100 cm³/mol. The van der Waals surface area contributed by atoms with E-state index in [0.29, 0.717) is 41.0 Å². The average molecular weight is 381 g/mol. The van der Waals surface area contributed by atoms with Crippen molar-refractivity contribution in [2.75, 3.05) is 13.1 Å². The fourth-order valence-corrected chi connectivity index (χ4v) is 3.49. The molecule has 1 aliphatic heterocycles. The number of hydrogen-bond donors (Lipinski definition) is 1. The van der Waals surface area contributed by atoms with Crippen LogP contribution in [0.1, 0.15) is 6.42 Å². The predicted octanol–water partition coefficient (Wildman–Crippen LogP) is 3.16. The van der Waals surface area contributed by atoms with Gasteiger partial charge in [-0.1, -0.05) is 12.1 Å². The molecule has 4 aromatic rings. The highest BCUT2D eigenvalue weighted by molar-refractivity contribution is 5.86. The van der Waals surface area contributed by atoms with Crippen molar-refractivity contribution in [1.82, 2.24) is 24.9 Å². The summed E-state index contributed by atoms with van der Waals surface area (Å²) in [5, 5.41) is 11.9. The van der Waals surface area contributed by atoms with Gasteiger partial charge in [0.05, 0.1) is 0 Å². The maximum absolute atomic E-state index is 14.2. The zero-order valence-electron chi connectivity index (χ0n) is 14.8. The molecular formula is C20H17F2N5O. The Morgan fingerprint density at radius 1 is 1.14 bits per heavy atom. The number of hydrogen-bond acceptors (Lipinski definition) is 5. The summed E-state index contributed by atoms with van der Waals surface area (Å²) in [6.07, 6.45) is 0.566. The lowest BCUT2D eigenvalue weighted by Crippen LogP contribution is -2.44. The number of halogens is 2. The van der Waals surface area contributed by atoms with Gasteiger partial charge in [-0.2, -0.15) is 0 Å². The summed E-state index contributed by atoms with van der Waals surface area (Å²) < 4.78 is 36.0. The molecular weight excluding hydrogens is 364 g/mol. The smallest absolute Gasteiger partial charge is 0.187 e. The van der Waals surface area contributed by atoms with Crippen molar-refractivity contribution in [3.05, 3.63) is 54.5 Å². The Hall–Kier alpha value is -3.13. The van der Waals surface area contributed by atoms with Gasteiger partial charge in [-0.05, 0) is 37.2 Å². The second-order valence-corrected chi connectivity index (χ2v) is 6.79. The molecule has 1 fully saturated rings. The van der Waals surface area contributed by atoms with E-state index in [4.69, 9.17) is 4.74 Å². The number of ether oxygens (including phenoxy) is 1. The van der Waals surface area contributed by atoms with E-state index in [0.717, 1.165) is 0 Å². The van der Waals surface area contributed by atoms with Gasteiger partial charge in [0.2, 0.25) is 0 Å². The minimum absolute atomic E-state index is 0.225. The second-order valence-electron chi connectivity index (χ2n) is 6.79. The standard InChI is InChI=1S/C20H17F2N5O/c21-13-9-12-4-5-15(20-26-25-18-3-1-2-8-27(18)20)24-19(12)17(10-13)28-16-6-7-23-11-14(16)22/h1-5,8-10,14,16,23H,6-7,11H2/t14-,16+/m0/s1. The van der Waals surface area contributed by atoms with Crippen LogP contribution in [0.4, 0.5) is 8.78 Å². The molecule has 0 spiro atoms. The Bertz CT molecular complexity index is 1160. The van der Waals surface area contributed by atoms with E-state index in [1.165, 1.54) is 12.1 Å². The van der Waals surface area contributed by atoms with Crippen molar-refractivity contribution in [3.8, 4) is 17.3 Å². The molecule has 0 radical (unpaired) electrons. The van der Waals surface area contributed by atoms with E-state index in [1.807, 2.05) is 28.8 Å². The number of nitrogens with zero attached hydrogens (tertiary/aromatic N) is 4. The lowest BCUT2D eigenvalue weighted by Gasteiger charge is -2.27. The van der Waals surface area contributed by atoms with Gasteiger partial charge in [0.15, 0.2) is 11.5 Å². The minimum Gasteiger partial charge on any atom is -0.485 e. The van der Waals surface area contributed by atoms with Crippen LogP contribution >= 0.6 is 0 Å². The third-order valence-corrected chi connectivity index (χ3v) is 4.89. The molecule has 1 saturated heterocycles. The summed E-state index contributed by atoms with van der Waals surface area (Å²) in [5.41, 5.74) is 1.74. The van der Waals surface area contributed by atoms with E-state index in [9.17, 15) is 8.78 Å². The zero-order valence-corrected chi connectivity index (χ0v) is 14.8. The highest BCUT2D eigenvalue weighted by Crippen LogP contribution is 2.30. The van der Waals surface area contributed by atoms with Gasteiger partial charge in [0.1, 0.15) is 35.1 Å². The van der Waals surface area contributed by atoms with Crippen molar-refractivity contribution in [2.45, 2.75) is 18.7 Å². The van der Waals surface area contributed by atoms with Gasteiger partial charge in [0, 0.05) is 24.2 Å². The average Bonchev–Trinajstić information content (AvgIpc) is 3.13. The number of piperidine rings is 1. The monoisotopic (exact) mass is 381 g/mol. The first-order chi connectivity index (χ1) is 13.7. The molecule has 6 nitrogen and oxygen atoms in total. The fraction of sp³-hybridized carbons (Fsp3) is 0.250. The Morgan fingerprint density at radius 2 is 2.07 bits per heavy atom. The number of benzene rings is 1. The molecule has 28 heavy (non-hydrogen) atoms. The summed E-state index contributed by atoms with van der Waals surface area (Å²) in [6.45, 7) is 0.880. The zero-order chi connectivity index (χ0) is 19.1. The van der Waals surface area contributed by atoms with Crippen LogP contribution in [0.5, 0.6) is 5.75 Å². The van der Waals surface area contributed by atoms with Crippen molar-refractivity contribution in [3.63, 3.8) is 0 Å². The van der Waals surface area contributed by atoms with Crippen molar-refractivity contribution in [2.24, 2.45) is 0 Å². The van der Waals surface area contributed by atoms with Crippen LogP contribution in [0.15, 0.2) is 48.7 Å². The molecule has 0 amide bonds. The highest BCUT2D eigenvalue weighted by atomic mass is 19.1. The SMILES string of the molecule is Fc1cc(O[C@@H]2CCNC[C@@H]2F)c2nc(-c3nnc4ccccn34)ccc2c1. The van der Waals surface area contributed by atoms with Crippen LogP contribution < -0.4 is 10.1 Å². The Kier molecular flexibility index (Phi) is 4.12. The van der Waals surface area contributed by atoms with Crippen LogP contribution in [0.3, 0.4) is 0 Å². The molecule has 0 saturated carbocycles. The molecule has 142 valence electrons. The van der Waals surface area contributed by atoms with Crippen molar-refractivity contribution in [1.29, 1.82) is 0 Å². The molecule has 5 rings (SSSR count). The van der Waals surface area contributed by atoms with Crippen molar-refractivity contribution < 1.29 is 13.5 Å². The molecule has 8 heteroatoms. The fourth-order valence-electron chi connectivity index (χ4n) is 3.49. The number of pyridine rings is 2. The first-order valence-corrected chi connectivity index (χ1v) is 9.11. The van der Waals surface area contributed by atoms with Crippen LogP contribution in [-0.4, -0.2) is 44.9 Å². The van der Waals surface area contributed by atoms with Gasteiger partial charge in [-0.3, -0.25) is 4.40 Å². The Morgan fingerprint density at radius 3 is 2.96 bits per heavy atom. The summed E-state index contributed by atoms with van der Waals surface area (Å²) >= 11 is 0. The second kappa shape index (κ2) is 6.79. The summed E-state index contributed by atoms with van der Waals surface area (Å²) in [6, 6.07) is 11.8. The molecule has 0 unspecified atom stereocenters. The molecule has 1 aliphatic rings. The maximum atomic E-state index is 14.2. The lowest BCUT2D eigenvalue weighted by molar-refractivity contribution is 0.0740. The minimum atomic E-state index is -1.16. The normalized spacial score (nSPS) is 19.9. The first kappa shape index (κ1) is 17.0. The first-order valence-electron chi connectivity index (χ1n) is 9.11. The van der Waals surface area contributed by atoms with E-state index in [2.05, 4.69) is 20.5 Å². The third kappa shape index (κ3) is 2.95. The molecule has 4 heterocycles. The van der Waals surface area contributed by atoms with E-state index in [-0.39, 0.29) is 12.3 Å². The Labute approximate surface area is 159 Å². The van der Waals surface area contributed by atoms with Gasteiger partial charge < -0.3 is 10.1 Å². The summed E-state index contributed by atoms with van der Waals surface area (Å²) in [4.78, 5) is 4.65. The van der Waals surface area contributed by atoms with Crippen molar-refractivity contribution >= 4 is 16.6 Å². The van der Waals surface area contributed by atoms with E-state index < -0.39 is 18.1 Å². The molecule has 1 N–H and O–H groups in total. The Balaban J connectivity index is 1.61. The van der Waals surface area contributed by atoms with E-state index in [1.54, 1.807) is 12.1 Å². The van der Waals surface area contributed by atoms with Crippen LogP contribution in [0.25, 0.3) is 28.1 Å². The number of fused-ring (bicyclic) bond motifs is 2. The van der Waals surface area contributed by atoms with Crippen LogP contribution in [-0.2, 0) is 0 Å². The molecule has 0 aliphatic carbocycles. The highest BCUT2D eigenvalue weighted by Gasteiger charge is 2.27. The van der Waals surface area contributed by atoms with Gasteiger partial charge in [0.25, 0.3) is 0 Å². The summed E-state index contributed by atoms with van der Waals surface area (Å²) in [5.74, 6) is 0.354. The number of aromatic nitrogens is 4. The number of nitrogens with one attached hydrogen (secondary N) is 1. The largest absolute Gasteiger partial charge is 0.485 e. The number of alkyl halides is 1. The van der Waals surface area contributed by atoms with Crippen LogP contribution in [0, 0.1) is 5.82 Å². The molecule has 0 bridgehead atoms. The molecule has 2 atom stereocenters. The molecule has 1 aromatic carbocycles. The topological polar surface area (TPSA) is 64.3 Å². The van der Waals surface area contributed by atoms with E-state index >= 15 is 0 Å². The number of rotatable bonds is 3.